The van der Waals surface area contributed by atoms with Gasteiger partial charge < -0.3 is 5.73 Å². The molecule has 2 aliphatic rings. The van der Waals surface area contributed by atoms with E-state index in [1.54, 1.807) is 10.7 Å². The quantitative estimate of drug-likeness (QED) is 0.905. The van der Waals surface area contributed by atoms with E-state index in [-0.39, 0.29) is 17.0 Å². The summed E-state index contributed by atoms with van der Waals surface area (Å²) in [6.45, 7) is 0.602. The zero-order valence-electron chi connectivity index (χ0n) is 14.3. The molecule has 2 fully saturated rings. The van der Waals surface area contributed by atoms with Crippen LogP contribution in [-0.2, 0) is 5.41 Å². The van der Waals surface area contributed by atoms with E-state index in [2.05, 4.69) is 11.2 Å². The van der Waals surface area contributed by atoms with Crippen molar-refractivity contribution in [3.05, 3.63) is 63.0 Å². The standard InChI is InChI=1S/C20H24ClN3O/c21-16-3-1-2-15(12-16)20(13-22)10-8-17(9-11-20)24-19(25)7-6-18(23-24)14-4-5-14/h1-3,6-7,12,14,17H,4-5,8-11,13,22H2. The zero-order chi connectivity index (χ0) is 17.4. The number of hydrogen-bond acceptors (Lipinski definition) is 3. The largest absolute Gasteiger partial charge is 0.330 e. The number of halogens is 1. The van der Waals surface area contributed by atoms with E-state index in [1.165, 1.54) is 18.4 Å². The summed E-state index contributed by atoms with van der Waals surface area (Å²) in [5, 5.41) is 5.42. The molecule has 0 unspecified atom stereocenters. The minimum atomic E-state index is -0.0425. The highest BCUT2D eigenvalue weighted by atomic mass is 35.5. The summed E-state index contributed by atoms with van der Waals surface area (Å²) in [6, 6.07) is 11.8. The van der Waals surface area contributed by atoms with Crippen molar-refractivity contribution < 1.29 is 0 Å². The van der Waals surface area contributed by atoms with Gasteiger partial charge in [0, 0.05) is 29.0 Å². The number of nitrogens with zero attached hydrogens (tertiary/aromatic N) is 2. The molecule has 0 spiro atoms. The van der Waals surface area contributed by atoms with Gasteiger partial charge in [-0.1, -0.05) is 23.7 Å². The molecule has 1 aromatic heterocycles. The first-order chi connectivity index (χ1) is 12.1. The lowest BCUT2D eigenvalue weighted by Gasteiger charge is -2.40. The van der Waals surface area contributed by atoms with E-state index in [0.29, 0.717) is 12.5 Å². The van der Waals surface area contributed by atoms with Crippen LogP contribution < -0.4 is 11.3 Å². The molecule has 1 heterocycles. The molecular formula is C20H24ClN3O. The summed E-state index contributed by atoms with van der Waals surface area (Å²) in [5.41, 5.74) is 8.44. The van der Waals surface area contributed by atoms with Gasteiger partial charge in [-0.2, -0.15) is 5.10 Å². The van der Waals surface area contributed by atoms with Gasteiger partial charge >= 0.3 is 0 Å². The first-order valence-electron chi connectivity index (χ1n) is 9.17. The Balaban J connectivity index is 1.56. The number of rotatable bonds is 4. The maximum atomic E-state index is 12.3. The van der Waals surface area contributed by atoms with Gasteiger partial charge in [0.15, 0.2) is 0 Å². The summed E-state index contributed by atoms with van der Waals surface area (Å²) >= 11 is 6.19. The maximum Gasteiger partial charge on any atom is 0.267 e. The Kier molecular flexibility index (Phi) is 4.42. The fourth-order valence-electron chi connectivity index (χ4n) is 4.13. The van der Waals surface area contributed by atoms with Gasteiger partial charge in [0.25, 0.3) is 5.56 Å². The van der Waals surface area contributed by atoms with Gasteiger partial charge in [-0.05, 0) is 62.3 Å². The fraction of sp³-hybridized carbons (Fsp3) is 0.500. The molecule has 0 aliphatic heterocycles. The molecule has 4 nitrogen and oxygen atoms in total. The normalized spacial score (nSPS) is 26.6. The Hall–Kier alpha value is -1.65. The number of aromatic nitrogens is 2. The molecule has 0 radical (unpaired) electrons. The summed E-state index contributed by atoms with van der Waals surface area (Å²) in [7, 11) is 0. The van der Waals surface area contributed by atoms with Crippen LogP contribution in [0.15, 0.2) is 41.2 Å². The van der Waals surface area contributed by atoms with Crippen molar-refractivity contribution in [3.8, 4) is 0 Å². The van der Waals surface area contributed by atoms with Crippen LogP contribution in [0.1, 0.15) is 61.7 Å². The van der Waals surface area contributed by atoms with Crippen LogP contribution in [0.4, 0.5) is 0 Å². The highest BCUT2D eigenvalue weighted by molar-refractivity contribution is 6.30. The molecule has 2 saturated carbocycles. The molecule has 0 saturated heterocycles. The van der Waals surface area contributed by atoms with Crippen molar-refractivity contribution in [1.82, 2.24) is 9.78 Å². The van der Waals surface area contributed by atoms with Gasteiger partial charge in [-0.25, -0.2) is 4.68 Å². The summed E-state index contributed by atoms with van der Waals surface area (Å²) < 4.78 is 1.73. The van der Waals surface area contributed by atoms with Crippen molar-refractivity contribution in [2.45, 2.75) is 55.9 Å². The summed E-state index contributed by atoms with van der Waals surface area (Å²) in [6.07, 6.45) is 6.14. The van der Waals surface area contributed by atoms with Crippen LogP contribution in [0.25, 0.3) is 0 Å². The van der Waals surface area contributed by atoms with Crippen LogP contribution in [0, 0.1) is 0 Å². The summed E-state index contributed by atoms with van der Waals surface area (Å²) in [5.74, 6) is 0.560. The van der Waals surface area contributed by atoms with Crippen LogP contribution in [0.3, 0.4) is 0 Å². The van der Waals surface area contributed by atoms with Crippen molar-refractivity contribution >= 4 is 11.6 Å². The fourth-order valence-corrected chi connectivity index (χ4v) is 4.32. The molecule has 132 valence electrons. The maximum absolute atomic E-state index is 12.3. The van der Waals surface area contributed by atoms with E-state index in [4.69, 9.17) is 17.3 Å². The topological polar surface area (TPSA) is 60.9 Å². The molecule has 0 atom stereocenters. The van der Waals surface area contributed by atoms with Gasteiger partial charge in [-0.3, -0.25) is 4.79 Å². The predicted octanol–water partition coefficient (Wildman–Crippen LogP) is 3.79. The Labute approximate surface area is 153 Å². The first-order valence-corrected chi connectivity index (χ1v) is 9.55. The van der Waals surface area contributed by atoms with E-state index in [9.17, 15) is 4.79 Å². The van der Waals surface area contributed by atoms with Gasteiger partial charge in [0.2, 0.25) is 0 Å². The average Bonchev–Trinajstić information content (AvgIpc) is 3.47. The highest BCUT2D eigenvalue weighted by Gasteiger charge is 2.37. The lowest BCUT2D eigenvalue weighted by atomic mass is 9.68. The SMILES string of the molecule is NCC1(c2cccc(Cl)c2)CCC(n2nc(C3CC3)ccc2=O)CC1. The Morgan fingerprint density at radius 3 is 2.56 bits per heavy atom. The molecule has 2 aliphatic carbocycles. The van der Waals surface area contributed by atoms with Gasteiger partial charge in [0.1, 0.15) is 0 Å². The van der Waals surface area contributed by atoms with Crippen molar-refractivity contribution in [3.63, 3.8) is 0 Å². The van der Waals surface area contributed by atoms with Crippen molar-refractivity contribution in [1.29, 1.82) is 0 Å². The van der Waals surface area contributed by atoms with Crippen LogP contribution >= 0.6 is 11.6 Å². The van der Waals surface area contributed by atoms with Crippen LogP contribution in [0.5, 0.6) is 0 Å². The summed E-state index contributed by atoms with van der Waals surface area (Å²) in [4.78, 5) is 12.3. The van der Waals surface area contributed by atoms with E-state index < -0.39 is 0 Å². The Morgan fingerprint density at radius 2 is 1.92 bits per heavy atom. The first kappa shape index (κ1) is 16.8. The lowest BCUT2D eigenvalue weighted by molar-refractivity contribution is 0.221. The zero-order valence-corrected chi connectivity index (χ0v) is 15.1. The average molecular weight is 358 g/mol. The Morgan fingerprint density at radius 1 is 1.16 bits per heavy atom. The second-order valence-corrected chi connectivity index (χ2v) is 7.98. The molecule has 2 aromatic rings. The molecule has 2 N–H and O–H groups in total. The lowest BCUT2D eigenvalue weighted by Crippen LogP contribution is -2.41. The van der Waals surface area contributed by atoms with Gasteiger partial charge in [0.05, 0.1) is 11.7 Å². The van der Waals surface area contributed by atoms with Crippen LogP contribution in [-0.4, -0.2) is 16.3 Å². The third-order valence-electron chi connectivity index (χ3n) is 5.93. The second kappa shape index (κ2) is 6.58. The third kappa shape index (κ3) is 3.25. The van der Waals surface area contributed by atoms with E-state index in [0.717, 1.165) is 36.4 Å². The minimum Gasteiger partial charge on any atom is -0.330 e. The monoisotopic (exact) mass is 357 g/mol. The molecule has 4 rings (SSSR count). The molecular weight excluding hydrogens is 334 g/mol. The van der Waals surface area contributed by atoms with Gasteiger partial charge in [-0.15, -0.1) is 0 Å². The molecule has 1 aromatic carbocycles. The van der Waals surface area contributed by atoms with E-state index in [1.807, 2.05) is 24.3 Å². The highest BCUT2D eigenvalue weighted by Crippen LogP contribution is 2.43. The molecule has 0 amide bonds. The van der Waals surface area contributed by atoms with Crippen LogP contribution in [0.2, 0.25) is 5.02 Å². The number of hydrogen-bond donors (Lipinski definition) is 1. The van der Waals surface area contributed by atoms with E-state index >= 15 is 0 Å². The van der Waals surface area contributed by atoms with Crippen molar-refractivity contribution in [2.24, 2.45) is 5.73 Å². The number of nitrogens with two attached hydrogens (primary N) is 1. The number of benzene rings is 1. The predicted molar refractivity (Wildman–Crippen MR) is 100 cm³/mol. The smallest absolute Gasteiger partial charge is 0.267 e. The second-order valence-electron chi connectivity index (χ2n) is 7.54. The molecule has 0 bridgehead atoms. The molecule has 5 heteroatoms. The van der Waals surface area contributed by atoms with Crippen molar-refractivity contribution in [2.75, 3.05) is 6.54 Å². The molecule has 25 heavy (non-hydrogen) atoms. The Bertz CT molecular complexity index is 820. The minimum absolute atomic E-state index is 0.0115. The third-order valence-corrected chi connectivity index (χ3v) is 6.16.